The van der Waals surface area contributed by atoms with E-state index in [9.17, 15) is 0 Å². The van der Waals surface area contributed by atoms with Gasteiger partial charge in [-0.1, -0.05) is 17.7 Å². The summed E-state index contributed by atoms with van der Waals surface area (Å²) in [7, 11) is 1.71. The SMILES string of the molecule is COc1c(CC2CCCNC2)cc(C)c(C)c1Cl. The number of rotatable bonds is 3. The van der Waals surface area contributed by atoms with Gasteiger partial charge in [0.2, 0.25) is 0 Å². The van der Waals surface area contributed by atoms with Crippen LogP contribution >= 0.6 is 11.6 Å². The van der Waals surface area contributed by atoms with Crippen molar-refractivity contribution < 1.29 is 4.74 Å². The second-order valence-electron chi connectivity index (χ2n) is 5.24. The van der Waals surface area contributed by atoms with Crippen molar-refractivity contribution in [2.24, 2.45) is 5.92 Å². The standard InChI is InChI=1S/C15H22ClNO/c1-10-7-13(8-12-5-4-6-17-9-12)15(18-3)14(16)11(10)2/h7,12,17H,4-6,8-9H2,1-3H3. The highest BCUT2D eigenvalue weighted by Crippen LogP contribution is 2.35. The molecule has 0 aliphatic carbocycles. The second-order valence-corrected chi connectivity index (χ2v) is 5.62. The molecule has 1 unspecified atom stereocenters. The van der Waals surface area contributed by atoms with Crippen LogP contribution in [0.15, 0.2) is 6.07 Å². The molecule has 2 rings (SSSR count). The minimum absolute atomic E-state index is 0.700. The molecule has 0 spiro atoms. The average Bonchev–Trinajstić information content (AvgIpc) is 2.38. The van der Waals surface area contributed by atoms with Crippen molar-refractivity contribution >= 4 is 11.6 Å². The lowest BCUT2D eigenvalue weighted by molar-refractivity contribution is 0.364. The first-order valence-electron chi connectivity index (χ1n) is 6.66. The minimum Gasteiger partial charge on any atom is -0.495 e. The van der Waals surface area contributed by atoms with E-state index in [0.717, 1.165) is 35.8 Å². The summed E-state index contributed by atoms with van der Waals surface area (Å²) in [5.41, 5.74) is 3.62. The number of methoxy groups -OCH3 is 1. The molecular formula is C15H22ClNO. The fraction of sp³-hybridized carbons (Fsp3) is 0.600. The van der Waals surface area contributed by atoms with E-state index in [1.54, 1.807) is 7.11 Å². The molecule has 1 aromatic carbocycles. The van der Waals surface area contributed by atoms with Gasteiger partial charge in [-0.3, -0.25) is 0 Å². The first-order valence-corrected chi connectivity index (χ1v) is 7.04. The van der Waals surface area contributed by atoms with Gasteiger partial charge in [0.1, 0.15) is 5.75 Å². The van der Waals surface area contributed by atoms with Crippen molar-refractivity contribution in [1.82, 2.24) is 5.32 Å². The monoisotopic (exact) mass is 267 g/mol. The van der Waals surface area contributed by atoms with Crippen LogP contribution in [0.1, 0.15) is 29.5 Å². The van der Waals surface area contributed by atoms with Gasteiger partial charge in [0.15, 0.2) is 0 Å². The van der Waals surface area contributed by atoms with E-state index in [4.69, 9.17) is 16.3 Å². The Morgan fingerprint density at radius 3 is 2.83 bits per heavy atom. The maximum atomic E-state index is 6.38. The third kappa shape index (κ3) is 2.81. The first kappa shape index (κ1) is 13.7. The van der Waals surface area contributed by atoms with Crippen molar-refractivity contribution in [1.29, 1.82) is 0 Å². The summed E-state index contributed by atoms with van der Waals surface area (Å²) in [6, 6.07) is 2.23. The molecule has 0 amide bonds. The van der Waals surface area contributed by atoms with E-state index in [-0.39, 0.29) is 0 Å². The fourth-order valence-electron chi connectivity index (χ4n) is 2.70. The predicted octanol–water partition coefficient (Wildman–Crippen LogP) is 3.51. The van der Waals surface area contributed by atoms with Gasteiger partial charge in [-0.25, -0.2) is 0 Å². The van der Waals surface area contributed by atoms with Crippen LogP contribution in [0.2, 0.25) is 5.02 Å². The summed E-state index contributed by atoms with van der Waals surface area (Å²) in [4.78, 5) is 0. The molecule has 18 heavy (non-hydrogen) atoms. The summed E-state index contributed by atoms with van der Waals surface area (Å²) in [6.07, 6.45) is 3.61. The number of halogens is 1. The van der Waals surface area contributed by atoms with Crippen LogP contribution in [0.4, 0.5) is 0 Å². The summed E-state index contributed by atoms with van der Waals surface area (Å²) < 4.78 is 5.50. The van der Waals surface area contributed by atoms with Crippen molar-refractivity contribution in [2.45, 2.75) is 33.1 Å². The molecular weight excluding hydrogens is 246 g/mol. The third-order valence-electron chi connectivity index (χ3n) is 3.91. The summed E-state index contributed by atoms with van der Waals surface area (Å²) in [6.45, 7) is 6.42. The molecule has 1 atom stereocenters. The van der Waals surface area contributed by atoms with Crippen LogP contribution < -0.4 is 10.1 Å². The smallest absolute Gasteiger partial charge is 0.140 e. The third-order valence-corrected chi connectivity index (χ3v) is 4.37. The van der Waals surface area contributed by atoms with E-state index >= 15 is 0 Å². The quantitative estimate of drug-likeness (QED) is 0.905. The molecule has 3 heteroatoms. The molecule has 1 heterocycles. The van der Waals surface area contributed by atoms with E-state index in [2.05, 4.69) is 18.3 Å². The Hall–Kier alpha value is -0.730. The van der Waals surface area contributed by atoms with Crippen LogP contribution in [0, 0.1) is 19.8 Å². The van der Waals surface area contributed by atoms with Crippen molar-refractivity contribution in [3.05, 3.63) is 27.8 Å². The van der Waals surface area contributed by atoms with Gasteiger partial charge < -0.3 is 10.1 Å². The molecule has 100 valence electrons. The highest BCUT2D eigenvalue weighted by molar-refractivity contribution is 6.33. The van der Waals surface area contributed by atoms with Gasteiger partial charge >= 0.3 is 0 Å². The Morgan fingerprint density at radius 2 is 2.22 bits per heavy atom. The zero-order chi connectivity index (χ0) is 13.1. The van der Waals surface area contributed by atoms with Crippen LogP contribution in [-0.4, -0.2) is 20.2 Å². The number of hydrogen-bond acceptors (Lipinski definition) is 2. The maximum absolute atomic E-state index is 6.38. The van der Waals surface area contributed by atoms with E-state index in [1.807, 2.05) is 6.92 Å². The fourth-order valence-corrected chi connectivity index (χ4v) is 3.05. The number of nitrogens with one attached hydrogen (secondary N) is 1. The number of ether oxygens (including phenoxy) is 1. The molecule has 0 saturated carbocycles. The number of aryl methyl sites for hydroxylation is 1. The molecule has 1 aliphatic rings. The molecule has 1 saturated heterocycles. The largest absolute Gasteiger partial charge is 0.495 e. The summed E-state index contributed by atoms with van der Waals surface area (Å²) in [5.74, 6) is 1.57. The summed E-state index contributed by atoms with van der Waals surface area (Å²) in [5, 5.41) is 4.23. The molecule has 0 aromatic heterocycles. The maximum Gasteiger partial charge on any atom is 0.140 e. The van der Waals surface area contributed by atoms with Gasteiger partial charge in [0.05, 0.1) is 12.1 Å². The van der Waals surface area contributed by atoms with Crippen molar-refractivity contribution in [3.63, 3.8) is 0 Å². The highest BCUT2D eigenvalue weighted by atomic mass is 35.5. The highest BCUT2D eigenvalue weighted by Gasteiger charge is 2.18. The molecule has 0 radical (unpaired) electrons. The van der Waals surface area contributed by atoms with Gasteiger partial charge in [0.25, 0.3) is 0 Å². The van der Waals surface area contributed by atoms with Crippen LogP contribution in [0.3, 0.4) is 0 Å². The first-order chi connectivity index (χ1) is 8.63. The van der Waals surface area contributed by atoms with Crippen LogP contribution in [-0.2, 0) is 6.42 Å². The Bertz CT molecular complexity index is 425. The minimum atomic E-state index is 0.700. The predicted molar refractivity (Wildman–Crippen MR) is 76.8 cm³/mol. The second kappa shape index (κ2) is 5.94. The molecule has 1 N–H and O–H groups in total. The Labute approximate surface area is 115 Å². The Kier molecular flexibility index (Phi) is 4.52. The lowest BCUT2D eigenvalue weighted by Gasteiger charge is -2.24. The van der Waals surface area contributed by atoms with Crippen LogP contribution in [0.25, 0.3) is 0 Å². The van der Waals surface area contributed by atoms with Gasteiger partial charge in [-0.2, -0.15) is 0 Å². The average molecular weight is 268 g/mol. The molecule has 2 nitrogen and oxygen atoms in total. The lowest BCUT2D eigenvalue weighted by atomic mass is 9.90. The molecule has 1 aliphatic heterocycles. The van der Waals surface area contributed by atoms with Crippen molar-refractivity contribution in [3.8, 4) is 5.75 Å². The van der Waals surface area contributed by atoms with E-state index in [1.165, 1.54) is 24.0 Å². The Balaban J connectivity index is 2.25. The molecule has 1 aromatic rings. The topological polar surface area (TPSA) is 21.3 Å². The van der Waals surface area contributed by atoms with Crippen LogP contribution in [0.5, 0.6) is 5.75 Å². The zero-order valence-electron chi connectivity index (χ0n) is 11.5. The van der Waals surface area contributed by atoms with E-state index in [0.29, 0.717) is 5.92 Å². The number of piperidine rings is 1. The van der Waals surface area contributed by atoms with Crippen molar-refractivity contribution in [2.75, 3.05) is 20.2 Å². The zero-order valence-corrected chi connectivity index (χ0v) is 12.2. The van der Waals surface area contributed by atoms with Gasteiger partial charge in [0, 0.05) is 0 Å². The lowest BCUT2D eigenvalue weighted by Crippen LogP contribution is -2.30. The molecule has 1 fully saturated rings. The van der Waals surface area contributed by atoms with Gasteiger partial charge in [-0.15, -0.1) is 0 Å². The van der Waals surface area contributed by atoms with Gasteiger partial charge in [-0.05, 0) is 68.8 Å². The normalized spacial score (nSPS) is 19.9. The number of benzene rings is 1. The Morgan fingerprint density at radius 1 is 1.44 bits per heavy atom. The summed E-state index contributed by atoms with van der Waals surface area (Å²) >= 11 is 6.38. The molecule has 0 bridgehead atoms. The van der Waals surface area contributed by atoms with E-state index < -0.39 is 0 Å². The number of hydrogen-bond donors (Lipinski definition) is 1.